The molecule has 1 saturated heterocycles. The van der Waals surface area contributed by atoms with Gasteiger partial charge in [0.1, 0.15) is 17.7 Å². The van der Waals surface area contributed by atoms with E-state index >= 15 is 4.39 Å². The second kappa shape index (κ2) is 12.6. The van der Waals surface area contributed by atoms with Crippen LogP contribution in [0.15, 0.2) is 41.4 Å². The van der Waals surface area contributed by atoms with E-state index in [9.17, 15) is 18.3 Å². The standard InChI is InChI=1S/C28H33F4N3O2S/c1-37-20-2-3-24-21(14-20)26(18(15-33)16-34-24)22(30)4-5-28(17-36)6-8-35(9-7-28)10-11-38-25-13-19(29)12-23(31)27(25)32/h2-3,12-14,16,22,36H,4-11,15,17,33H2,1H3/t22-/m1/s1. The minimum absolute atomic E-state index is 0.0370. The summed E-state index contributed by atoms with van der Waals surface area (Å²) in [7, 11) is 1.56. The Morgan fingerprint density at radius 1 is 1.18 bits per heavy atom. The molecule has 1 aliphatic rings. The summed E-state index contributed by atoms with van der Waals surface area (Å²) in [6, 6.07) is 6.90. The number of aliphatic hydroxyl groups is 1. The number of aliphatic hydroxyl groups excluding tert-OH is 1. The van der Waals surface area contributed by atoms with Crippen LogP contribution in [0.5, 0.6) is 5.75 Å². The number of fused-ring (bicyclic) bond motifs is 1. The van der Waals surface area contributed by atoms with Crippen molar-refractivity contribution in [2.75, 3.05) is 39.1 Å². The van der Waals surface area contributed by atoms with Crippen molar-refractivity contribution in [2.24, 2.45) is 11.1 Å². The second-order valence-corrected chi connectivity index (χ2v) is 11.0. The predicted octanol–water partition coefficient (Wildman–Crippen LogP) is 5.78. The Morgan fingerprint density at radius 2 is 1.95 bits per heavy atom. The Bertz CT molecular complexity index is 1250. The third-order valence-corrected chi connectivity index (χ3v) is 8.53. The summed E-state index contributed by atoms with van der Waals surface area (Å²) in [6.45, 7) is 2.13. The number of aromatic nitrogens is 1. The van der Waals surface area contributed by atoms with Gasteiger partial charge in [-0.05, 0) is 74.0 Å². The normalized spacial score (nSPS) is 16.6. The molecule has 38 heavy (non-hydrogen) atoms. The molecule has 1 atom stereocenters. The number of pyridine rings is 1. The van der Waals surface area contributed by atoms with Crippen LogP contribution in [0, 0.1) is 22.9 Å². The van der Waals surface area contributed by atoms with Crippen LogP contribution in [0.4, 0.5) is 17.6 Å². The monoisotopic (exact) mass is 551 g/mol. The number of nitrogens with zero attached hydrogens (tertiary/aromatic N) is 2. The van der Waals surface area contributed by atoms with Crippen molar-refractivity contribution in [2.45, 2.75) is 43.3 Å². The van der Waals surface area contributed by atoms with Gasteiger partial charge in [0.05, 0.1) is 12.6 Å². The van der Waals surface area contributed by atoms with Crippen molar-refractivity contribution in [1.29, 1.82) is 0 Å². The number of nitrogens with two attached hydrogens (primary N) is 1. The number of likely N-dealkylation sites (tertiary alicyclic amines) is 1. The molecule has 0 aliphatic carbocycles. The molecule has 0 amide bonds. The third kappa shape index (κ3) is 6.42. The third-order valence-electron chi connectivity index (χ3n) is 7.54. The van der Waals surface area contributed by atoms with E-state index in [1.807, 2.05) is 0 Å². The average Bonchev–Trinajstić information content (AvgIpc) is 2.94. The van der Waals surface area contributed by atoms with E-state index in [0.717, 1.165) is 17.8 Å². The fraction of sp³-hybridized carbons (Fsp3) is 0.464. The number of benzene rings is 2. The maximum absolute atomic E-state index is 15.8. The van der Waals surface area contributed by atoms with Crippen LogP contribution in [-0.4, -0.2) is 54.1 Å². The first kappa shape index (κ1) is 28.6. The van der Waals surface area contributed by atoms with Crippen molar-refractivity contribution in [3.05, 3.63) is 65.1 Å². The van der Waals surface area contributed by atoms with Gasteiger partial charge in [0.25, 0.3) is 0 Å². The van der Waals surface area contributed by atoms with Crippen molar-refractivity contribution in [1.82, 2.24) is 9.88 Å². The summed E-state index contributed by atoms with van der Waals surface area (Å²) in [5, 5.41) is 10.9. The Morgan fingerprint density at radius 3 is 2.63 bits per heavy atom. The van der Waals surface area contributed by atoms with E-state index in [1.165, 1.54) is 0 Å². The van der Waals surface area contributed by atoms with Crippen molar-refractivity contribution < 1.29 is 27.4 Å². The van der Waals surface area contributed by atoms with Gasteiger partial charge in [-0.25, -0.2) is 17.6 Å². The molecule has 0 unspecified atom stereocenters. The number of thioether (sulfide) groups is 1. The summed E-state index contributed by atoms with van der Waals surface area (Å²) >= 11 is 1.07. The van der Waals surface area contributed by atoms with Crippen LogP contribution in [0.2, 0.25) is 0 Å². The molecule has 5 nitrogen and oxygen atoms in total. The number of hydrogen-bond donors (Lipinski definition) is 2. The van der Waals surface area contributed by atoms with Crippen LogP contribution in [0.25, 0.3) is 10.9 Å². The minimum Gasteiger partial charge on any atom is -0.497 e. The first-order valence-corrected chi connectivity index (χ1v) is 13.7. The molecule has 4 rings (SSSR count). The maximum atomic E-state index is 15.8. The lowest BCUT2D eigenvalue weighted by Crippen LogP contribution is -2.42. The molecule has 10 heteroatoms. The number of hydrogen-bond acceptors (Lipinski definition) is 6. The van der Waals surface area contributed by atoms with Gasteiger partial charge >= 0.3 is 0 Å². The molecule has 0 bridgehead atoms. The molecule has 1 fully saturated rings. The van der Waals surface area contributed by atoms with E-state index in [2.05, 4.69) is 9.88 Å². The highest BCUT2D eigenvalue weighted by atomic mass is 32.2. The zero-order valence-electron chi connectivity index (χ0n) is 21.4. The van der Waals surface area contributed by atoms with E-state index < -0.39 is 29.0 Å². The molecule has 2 heterocycles. The molecule has 0 saturated carbocycles. The number of alkyl halides is 1. The highest BCUT2D eigenvalue weighted by Crippen LogP contribution is 2.41. The molecule has 206 valence electrons. The number of halogens is 4. The Kier molecular flexibility index (Phi) is 9.51. The van der Waals surface area contributed by atoms with Crippen LogP contribution >= 0.6 is 11.8 Å². The first-order chi connectivity index (χ1) is 18.3. The SMILES string of the molecule is COc1ccc2ncc(CN)c([C@H](F)CCC3(CO)CCN(CCSc4cc(F)cc(F)c4F)CC3)c2c1. The predicted molar refractivity (Wildman–Crippen MR) is 142 cm³/mol. The summed E-state index contributed by atoms with van der Waals surface area (Å²) in [5.41, 5.74) is 7.37. The number of piperidine rings is 1. The van der Waals surface area contributed by atoms with Gasteiger partial charge in [-0.1, -0.05) is 0 Å². The Hall–Kier alpha value is -2.40. The number of rotatable bonds is 11. The summed E-state index contributed by atoms with van der Waals surface area (Å²) < 4.78 is 61.9. The summed E-state index contributed by atoms with van der Waals surface area (Å²) in [6.07, 6.45) is 2.49. The zero-order chi connectivity index (χ0) is 27.3. The highest BCUT2D eigenvalue weighted by Gasteiger charge is 2.35. The van der Waals surface area contributed by atoms with Crippen molar-refractivity contribution in [3.8, 4) is 5.75 Å². The van der Waals surface area contributed by atoms with Crippen LogP contribution in [0.1, 0.15) is 43.0 Å². The van der Waals surface area contributed by atoms with E-state index in [1.54, 1.807) is 31.5 Å². The average molecular weight is 552 g/mol. The van der Waals surface area contributed by atoms with Crippen LogP contribution in [-0.2, 0) is 6.54 Å². The number of methoxy groups -OCH3 is 1. The molecule has 0 radical (unpaired) electrons. The van der Waals surface area contributed by atoms with Gasteiger partial charge in [0, 0.05) is 53.6 Å². The fourth-order valence-corrected chi connectivity index (χ4v) is 6.12. The molecular formula is C28H33F4N3O2S. The largest absolute Gasteiger partial charge is 0.497 e. The second-order valence-electron chi connectivity index (χ2n) is 9.84. The van der Waals surface area contributed by atoms with Gasteiger partial charge in [0.15, 0.2) is 11.6 Å². The van der Waals surface area contributed by atoms with Gasteiger partial charge in [-0.15, -0.1) is 11.8 Å². The van der Waals surface area contributed by atoms with Gasteiger partial charge in [-0.3, -0.25) is 4.98 Å². The van der Waals surface area contributed by atoms with E-state index in [0.29, 0.717) is 78.5 Å². The first-order valence-electron chi connectivity index (χ1n) is 12.7. The van der Waals surface area contributed by atoms with Crippen molar-refractivity contribution in [3.63, 3.8) is 0 Å². The quantitative estimate of drug-likeness (QED) is 0.179. The molecule has 3 N–H and O–H groups in total. The lowest BCUT2D eigenvalue weighted by atomic mass is 9.74. The van der Waals surface area contributed by atoms with Gasteiger partial charge in [0.2, 0.25) is 0 Å². The van der Waals surface area contributed by atoms with Crippen LogP contribution in [0.3, 0.4) is 0 Å². The number of ether oxygens (including phenoxy) is 1. The minimum atomic E-state index is -1.27. The molecular weight excluding hydrogens is 518 g/mol. The Balaban J connectivity index is 1.35. The summed E-state index contributed by atoms with van der Waals surface area (Å²) in [5.74, 6) is -1.95. The summed E-state index contributed by atoms with van der Waals surface area (Å²) in [4.78, 5) is 6.54. The lowest BCUT2D eigenvalue weighted by molar-refractivity contribution is 0.0322. The van der Waals surface area contributed by atoms with Crippen LogP contribution < -0.4 is 10.5 Å². The molecule has 2 aromatic carbocycles. The van der Waals surface area contributed by atoms with E-state index in [-0.39, 0.29) is 24.5 Å². The van der Waals surface area contributed by atoms with Gasteiger partial charge < -0.3 is 20.5 Å². The van der Waals surface area contributed by atoms with Crippen molar-refractivity contribution >= 4 is 22.7 Å². The van der Waals surface area contributed by atoms with Gasteiger partial charge in [-0.2, -0.15) is 0 Å². The Labute approximate surface area is 224 Å². The highest BCUT2D eigenvalue weighted by molar-refractivity contribution is 7.99. The zero-order valence-corrected chi connectivity index (χ0v) is 22.2. The maximum Gasteiger partial charge on any atom is 0.172 e. The topological polar surface area (TPSA) is 71.6 Å². The van der Waals surface area contributed by atoms with E-state index in [4.69, 9.17) is 10.5 Å². The molecule has 1 aliphatic heterocycles. The lowest BCUT2D eigenvalue weighted by Gasteiger charge is -2.41. The molecule has 1 aromatic heterocycles. The molecule has 3 aromatic rings. The smallest absolute Gasteiger partial charge is 0.172 e. The molecule has 0 spiro atoms. The fourth-order valence-electron chi connectivity index (χ4n) is 5.13.